The van der Waals surface area contributed by atoms with Crippen LogP contribution in [0, 0.1) is 5.92 Å². The maximum atomic E-state index is 13.3. The van der Waals surface area contributed by atoms with Crippen LogP contribution in [-0.2, 0) is 32.6 Å². The molecule has 0 radical (unpaired) electrons. The molecule has 1 saturated heterocycles. The molecule has 1 aliphatic heterocycles. The number of carbonyl (C=O) groups excluding carboxylic acids is 3. The number of fused-ring (bicyclic) bond motifs is 1. The molecular weight excluding hydrogens is 468 g/mol. The number of nitrogens with one attached hydrogen (secondary N) is 1. The van der Waals surface area contributed by atoms with Crippen LogP contribution in [-0.4, -0.2) is 48.4 Å². The first kappa shape index (κ1) is 25.5. The second-order valence-electron chi connectivity index (χ2n) is 10.9. The number of rotatable bonds is 6. The van der Waals surface area contributed by atoms with Gasteiger partial charge >= 0.3 is 11.9 Å². The zero-order chi connectivity index (χ0) is 26.2. The minimum Gasteiger partial charge on any atom is -0.427 e. The summed E-state index contributed by atoms with van der Waals surface area (Å²) in [6, 6.07) is 12.8. The molecule has 2 aromatic carbocycles. The summed E-state index contributed by atoms with van der Waals surface area (Å²) in [6.07, 6.45) is 7.46. The van der Waals surface area contributed by atoms with E-state index in [1.54, 1.807) is 24.3 Å². The quantitative estimate of drug-likeness (QED) is 0.474. The van der Waals surface area contributed by atoms with Gasteiger partial charge in [-0.05, 0) is 86.1 Å². The number of benzene rings is 2. The predicted octanol–water partition coefficient (Wildman–Crippen LogP) is 3.95. The normalized spacial score (nSPS) is 25.3. The van der Waals surface area contributed by atoms with Gasteiger partial charge in [0.05, 0.1) is 0 Å². The van der Waals surface area contributed by atoms with Gasteiger partial charge in [-0.15, -0.1) is 0 Å². The molecule has 196 valence electrons. The highest BCUT2D eigenvalue weighted by atomic mass is 16.5. The largest absolute Gasteiger partial charge is 0.427 e. The van der Waals surface area contributed by atoms with Gasteiger partial charge in [0.2, 0.25) is 5.91 Å². The highest BCUT2D eigenvalue weighted by molar-refractivity contribution is 5.84. The van der Waals surface area contributed by atoms with Crippen molar-refractivity contribution < 1.29 is 23.9 Å². The molecule has 7 nitrogen and oxygen atoms in total. The van der Waals surface area contributed by atoms with Crippen molar-refractivity contribution in [1.29, 1.82) is 0 Å². The predicted molar refractivity (Wildman–Crippen MR) is 140 cm³/mol. The van der Waals surface area contributed by atoms with Crippen molar-refractivity contribution in [3.63, 3.8) is 0 Å². The smallest absolute Gasteiger partial charge is 0.334 e. The molecule has 1 amide bonds. The minimum absolute atomic E-state index is 0.173. The van der Waals surface area contributed by atoms with Crippen molar-refractivity contribution in [1.82, 2.24) is 10.2 Å². The molecule has 1 unspecified atom stereocenters. The topological polar surface area (TPSA) is 84.9 Å². The van der Waals surface area contributed by atoms with Gasteiger partial charge in [-0.2, -0.15) is 0 Å². The number of amides is 1. The molecule has 1 heterocycles. The lowest BCUT2D eigenvalue weighted by Crippen LogP contribution is -2.59. The Morgan fingerprint density at radius 2 is 1.78 bits per heavy atom. The third kappa shape index (κ3) is 5.14. The summed E-state index contributed by atoms with van der Waals surface area (Å²) in [5.41, 5.74) is 3.73. The minimum atomic E-state index is -0.832. The number of piperidine rings is 1. The van der Waals surface area contributed by atoms with Gasteiger partial charge in [0, 0.05) is 31.7 Å². The lowest BCUT2D eigenvalue weighted by molar-refractivity contribution is -0.139. The second-order valence-corrected chi connectivity index (χ2v) is 10.9. The average Bonchev–Trinajstić information content (AvgIpc) is 2.86. The molecule has 2 fully saturated rings. The number of carbonyl (C=O) groups is 3. The van der Waals surface area contributed by atoms with Crippen LogP contribution < -0.4 is 14.8 Å². The fourth-order valence-electron chi connectivity index (χ4n) is 6.96. The number of likely N-dealkylation sites (tertiary alicyclic amines) is 1. The molecular formula is C30H36N2O5. The number of esters is 2. The van der Waals surface area contributed by atoms with Crippen LogP contribution in [0.2, 0.25) is 0 Å². The van der Waals surface area contributed by atoms with Crippen molar-refractivity contribution in [2.24, 2.45) is 5.92 Å². The summed E-state index contributed by atoms with van der Waals surface area (Å²) in [4.78, 5) is 38.9. The zero-order valence-electron chi connectivity index (χ0n) is 21.9. The number of nitrogens with zero attached hydrogens (tertiary/aromatic N) is 1. The number of ether oxygens (including phenoxy) is 2. The zero-order valence-corrected chi connectivity index (χ0v) is 21.9. The summed E-state index contributed by atoms with van der Waals surface area (Å²) in [5.74, 6) is 0.438. The Labute approximate surface area is 218 Å². The molecule has 2 bridgehead atoms. The van der Waals surface area contributed by atoms with Crippen LogP contribution in [0.5, 0.6) is 11.5 Å². The SMILES string of the molecule is CC(=O)NC(Cc1ccc(OC(C)=O)cc1)C(=O)Oc1ccc2c(c1)[C@@]13CCCC[C@H]1[C@@H](C2)N(C)CC3. The van der Waals surface area contributed by atoms with Crippen molar-refractivity contribution >= 4 is 17.8 Å². The fraction of sp³-hybridized carbons (Fsp3) is 0.500. The van der Waals surface area contributed by atoms with Gasteiger partial charge in [-0.25, -0.2) is 4.79 Å². The van der Waals surface area contributed by atoms with E-state index in [1.165, 1.54) is 50.7 Å². The molecule has 0 aromatic heterocycles. The first-order chi connectivity index (χ1) is 17.7. The molecule has 3 aliphatic rings. The van der Waals surface area contributed by atoms with E-state index in [0.29, 0.717) is 23.5 Å². The summed E-state index contributed by atoms with van der Waals surface area (Å²) < 4.78 is 11.0. The Balaban J connectivity index is 1.36. The van der Waals surface area contributed by atoms with E-state index in [4.69, 9.17) is 9.47 Å². The van der Waals surface area contributed by atoms with E-state index < -0.39 is 18.0 Å². The molecule has 1 N–H and O–H groups in total. The highest BCUT2D eigenvalue weighted by Crippen LogP contribution is 2.55. The van der Waals surface area contributed by atoms with E-state index in [1.807, 2.05) is 6.07 Å². The second kappa shape index (κ2) is 10.3. The van der Waals surface area contributed by atoms with E-state index in [9.17, 15) is 14.4 Å². The van der Waals surface area contributed by atoms with Gasteiger partial charge < -0.3 is 19.7 Å². The molecule has 7 heteroatoms. The van der Waals surface area contributed by atoms with Gasteiger partial charge in [0.15, 0.2) is 0 Å². The van der Waals surface area contributed by atoms with Crippen LogP contribution in [0.3, 0.4) is 0 Å². The van der Waals surface area contributed by atoms with Crippen molar-refractivity contribution in [2.75, 3.05) is 13.6 Å². The van der Waals surface area contributed by atoms with E-state index in [0.717, 1.165) is 24.9 Å². The summed E-state index contributed by atoms with van der Waals surface area (Å²) in [6.45, 7) is 3.84. The Bertz CT molecular complexity index is 1190. The Morgan fingerprint density at radius 1 is 1.03 bits per heavy atom. The number of likely N-dealkylation sites (N-methyl/N-ethyl adjacent to an activating group) is 1. The van der Waals surface area contributed by atoms with Crippen molar-refractivity contribution in [3.8, 4) is 11.5 Å². The van der Waals surface area contributed by atoms with E-state index in [-0.39, 0.29) is 17.7 Å². The van der Waals surface area contributed by atoms with Gasteiger partial charge in [0.25, 0.3) is 0 Å². The third-order valence-electron chi connectivity index (χ3n) is 8.59. The van der Waals surface area contributed by atoms with Gasteiger partial charge in [-0.1, -0.05) is 31.0 Å². The summed E-state index contributed by atoms with van der Waals surface area (Å²) >= 11 is 0. The van der Waals surface area contributed by atoms with Crippen LogP contribution in [0.1, 0.15) is 62.6 Å². The average molecular weight is 505 g/mol. The number of hydrogen-bond acceptors (Lipinski definition) is 6. The molecule has 37 heavy (non-hydrogen) atoms. The maximum Gasteiger partial charge on any atom is 0.334 e. The van der Waals surface area contributed by atoms with Crippen molar-refractivity contribution in [2.45, 2.75) is 76.3 Å². The van der Waals surface area contributed by atoms with E-state index >= 15 is 0 Å². The van der Waals surface area contributed by atoms with Crippen LogP contribution in [0.4, 0.5) is 0 Å². The monoisotopic (exact) mass is 504 g/mol. The lowest BCUT2D eigenvalue weighted by Gasteiger charge is -2.58. The molecule has 0 spiro atoms. The van der Waals surface area contributed by atoms with Crippen LogP contribution >= 0.6 is 0 Å². The Morgan fingerprint density at radius 3 is 2.51 bits per heavy atom. The van der Waals surface area contributed by atoms with E-state index in [2.05, 4.69) is 29.4 Å². The number of hydrogen-bond donors (Lipinski definition) is 1. The Kier molecular flexibility index (Phi) is 7.08. The molecule has 4 atom stereocenters. The highest BCUT2D eigenvalue weighted by Gasteiger charge is 2.53. The van der Waals surface area contributed by atoms with Gasteiger partial charge in [-0.3, -0.25) is 9.59 Å². The summed E-state index contributed by atoms with van der Waals surface area (Å²) in [7, 11) is 2.26. The van der Waals surface area contributed by atoms with Crippen LogP contribution in [0.25, 0.3) is 0 Å². The molecule has 1 saturated carbocycles. The van der Waals surface area contributed by atoms with Crippen LogP contribution in [0.15, 0.2) is 42.5 Å². The Hall–Kier alpha value is -3.19. The molecule has 5 rings (SSSR count). The van der Waals surface area contributed by atoms with Gasteiger partial charge in [0.1, 0.15) is 17.5 Å². The summed E-state index contributed by atoms with van der Waals surface area (Å²) in [5, 5.41) is 2.74. The molecule has 2 aromatic rings. The first-order valence-corrected chi connectivity index (χ1v) is 13.3. The molecule has 2 aliphatic carbocycles. The fourth-order valence-corrected chi connectivity index (χ4v) is 6.96. The first-order valence-electron chi connectivity index (χ1n) is 13.3. The third-order valence-corrected chi connectivity index (χ3v) is 8.59. The lowest BCUT2D eigenvalue weighted by atomic mass is 9.52. The maximum absolute atomic E-state index is 13.3. The van der Waals surface area contributed by atoms with Crippen molar-refractivity contribution in [3.05, 3.63) is 59.2 Å². The standard InChI is InChI=1S/C30H36N2O5/c1-19(33)31-27(16-21-7-10-23(11-8-21)36-20(2)34)29(35)37-24-12-9-22-17-28-25-6-4-5-13-30(25,26(22)18-24)14-15-32(28)3/h7-12,18,25,27-28H,4-6,13-17H2,1-3H3,(H,31,33)/t25-,27?,28+,30+/m0/s1.